The number of fused-ring (bicyclic) bond motifs is 2. The number of nitrogens with one attached hydrogen (secondary N) is 1. The van der Waals surface area contributed by atoms with Gasteiger partial charge in [-0.25, -0.2) is 4.39 Å². The number of hydrogen-bond donors (Lipinski definition) is 1. The highest BCUT2D eigenvalue weighted by molar-refractivity contribution is 8.17. The number of amidine groups is 2. The molecule has 7 heteroatoms. The highest BCUT2D eigenvalue weighted by Crippen LogP contribution is 2.34. The van der Waals surface area contributed by atoms with Crippen molar-refractivity contribution in [1.82, 2.24) is 4.90 Å². The summed E-state index contributed by atoms with van der Waals surface area (Å²) in [4.78, 5) is 11.8. The standard InChI is InChI=1S/C21H19FN4S2/c22-16-7-6-15-10-23-20(25-19(15)9-16)27-12-18-13-28-21-24-17(11-26(18)21)8-14-4-2-1-3-5-14/h1-7,9,13,17H,8,10-12H2,(H,23,25). The van der Waals surface area contributed by atoms with E-state index >= 15 is 0 Å². The summed E-state index contributed by atoms with van der Waals surface area (Å²) < 4.78 is 13.5. The topological polar surface area (TPSA) is 40.0 Å². The normalized spacial score (nSPS) is 20.1. The van der Waals surface area contributed by atoms with Gasteiger partial charge in [-0.1, -0.05) is 59.9 Å². The van der Waals surface area contributed by atoms with Gasteiger partial charge in [0.25, 0.3) is 0 Å². The Hall–Kier alpha value is -2.25. The summed E-state index contributed by atoms with van der Waals surface area (Å²) in [5.74, 6) is 0.593. The van der Waals surface area contributed by atoms with Crippen LogP contribution in [-0.4, -0.2) is 33.6 Å². The van der Waals surface area contributed by atoms with Gasteiger partial charge < -0.3 is 10.2 Å². The minimum Gasteiger partial charge on any atom is -0.335 e. The fraction of sp³-hybridized carbons (Fsp3) is 0.238. The Bertz CT molecular complexity index is 987. The summed E-state index contributed by atoms with van der Waals surface area (Å²) in [6, 6.07) is 15.6. The molecular formula is C21H19FN4S2. The lowest BCUT2D eigenvalue weighted by Crippen LogP contribution is -2.26. The van der Waals surface area contributed by atoms with Gasteiger partial charge in [0.1, 0.15) is 5.82 Å². The molecule has 1 N–H and O–H groups in total. The van der Waals surface area contributed by atoms with Crippen molar-refractivity contribution >= 4 is 39.5 Å². The fourth-order valence-electron chi connectivity index (χ4n) is 3.52. The number of hydrogen-bond acceptors (Lipinski definition) is 6. The predicted molar refractivity (Wildman–Crippen MR) is 117 cm³/mol. The number of thioether (sulfide) groups is 2. The molecule has 0 bridgehead atoms. The van der Waals surface area contributed by atoms with Crippen LogP contribution < -0.4 is 5.32 Å². The van der Waals surface area contributed by atoms with Gasteiger partial charge in [0.15, 0.2) is 10.3 Å². The van der Waals surface area contributed by atoms with E-state index in [-0.39, 0.29) is 5.82 Å². The van der Waals surface area contributed by atoms with E-state index < -0.39 is 0 Å². The molecule has 1 atom stereocenters. The quantitative estimate of drug-likeness (QED) is 0.792. The lowest BCUT2D eigenvalue weighted by molar-refractivity contribution is 0.512. The fourth-order valence-corrected chi connectivity index (χ4v) is 5.47. The molecule has 0 fully saturated rings. The van der Waals surface area contributed by atoms with Gasteiger partial charge in [0, 0.05) is 23.7 Å². The van der Waals surface area contributed by atoms with Gasteiger partial charge in [-0.05, 0) is 35.1 Å². The van der Waals surface area contributed by atoms with Crippen molar-refractivity contribution in [2.45, 2.75) is 19.0 Å². The third-order valence-electron chi connectivity index (χ3n) is 4.94. The Kier molecular flexibility index (Phi) is 4.86. The van der Waals surface area contributed by atoms with Crippen molar-refractivity contribution in [3.63, 3.8) is 0 Å². The molecule has 4 nitrogen and oxygen atoms in total. The van der Waals surface area contributed by atoms with Crippen molar-refractivity contribution < 1.29 is 4.39 Å². The zero-order valence-electron chi connectivity index (χ0n) is 15.1. The molecule has 3 aliphatic rings. The smallest absolute Gasteiger partial charge is 0.168 e. The van der Waals surface area contributed by atoms with Crippen LogP contribution in [0.3, 0.4) is 0 Å². The van der Waals surface area contributed by atoms with E-state index in [2.05, 4.69) is 44.9 Å². The van der Waals surface area contributed by atoms with Crippen LogP contribution >= 0.6 is 23.5 Å². The summed E-state index contributed by atoms with van der Waals surface area (Å²) in [6.45, 7) is 1.52. The second kappa shape index (κ2) is 7.64. The van der Waals surface area contributed by atoms with Gasteiger partial charge in [0.2, 0.25) is 0 Å². The molecule has 3 heterocycles. The first-order valence-electron chi connectivity index (χ1n) is 9.22. The van der Waals surface area contributed by atoms with E-state index in [0.717, 1.165) is 40.3 Å². The third kappa shape index (κ3) is 3.69. The molecule has 0 saturated carbocycles. The number of benzene rings is 2. The summed E-state index contributed by atoms with van der Waals surface area (Å²) in [5.41, 5.74) is 4.44. The maximum absolute atomic E-state index is 13.5. The van der Waals surface area contributed by atoms with Crippen LogP contribution in [0.5, 0.6) is 0 Å². The average Bonchev–Trinajstić information content (AvgIpc) is 3.27. The first-order chi connectivity index (χ1) is 13.7. The van der Waals surface area contributed by atoms with Crippen LogP contribution in [0.15, 0.2) is 69.6 Å². The molecule has 0 spiro atoms. The minimum absolute atomic E-state index is 0.227. The molecule has 0 aliphatic carbocycles. The van der Waals surface area contributed by atoms with Crippen molar-refractivity contribution in [2.75, 3.05) is 17.6 Å². The Morgan fingerprint density at radius 3 is 3.00 bits per heavy atom. The third-order valence-corrected chi connectivity index (χ3v) is 6.81. The number of anilines is 1. The Morgan fingerprint density at radius 2 is 2.11 bits per heavy atom. The van der Waals surface area contributed by atoms with Crippen molar-refractivity contribution in [3.05, 3.63) is 76.6 Å². The van der Waals surface area contributed by atoms with E-state index in [9.17, 15) is 4.39 Å². The van der Waals surface area contributed by atoms with Crippen LogP contribution in [0.25, 0.3) is 0 Å². The van der Waals surface area contributed by atoms with Crippen LogP contribution in [-0.2, 0) is 13.0 Å². The molecule has 28 heavy (non-hydrogen) atoms. The summed E-state index contributed by atoms with van der Waals surface area (Å²) in [7, 11) is 0. The monoisotopic (exact) mass is 410 g/mol. The van der Waals surface area contributed by atoms with Gasteiger partial charge in [-0.3, -0.25) is 9.98 Å². The number of rotatable bonds is 4. The molecule has 0 saturated heterocycles. The molecule has 3 aliphatic heterocycles. The van der Waals surface area contributed by atoms with Crippen LogP contribution in [0.1, 0.15) is 11.1 Å². The predicted octanol–water partition coefficient (Wildman–Crippen LogP) is 4.71. The molecule has 0 radical (unpaired) electrons. The maximum atomic E-state index is 13.5. The molecule has 0 amide bonds. The van der Waals surface area contributed by atoms with Gasteiger partial charge in [-0.15, -0.1) is 0 Å². The number of halogens is 1. The van der Waals surface area contributed by atoms with E-state index in [1.165, 1.54) is 23.4 Å². The molecule has 2 aromatic rings. The van der Waals surface area contributed by atoms with Crippen LogP contribution in [0, 0.1) is 5.82 Å². The average molecular weight is 411 g/mol. The summed E-state index contributed by atoms with van der Waals surface area (Å²) in [6.07, 6.45) is 0.971. The Balaban J connectivity index is 1.18. The highest BCUT2D eigenvalue weighted by Gasteiger charge is 2.32. The van der Waals surface area contributed by atoms with Gasteiger partial charge in [0.05, 0.1) is 12.6 Å². The van der Waals surface area contributed by atoms with Crippen molar-refractivity contribution in [1.29, 1.82) is 0 Å². The van der Waals surface area contributed by atoms with E-state index in [1.54, 1.807) is 29.6 Å². The Labute approximate surface area is 172 Å². The lowest BCUT2D eigenvalue weighted by atomic mass is 10.1. The molecule has 5 rings (SSSR count). The second-order valence-corrected chi connectivity index (χ2v) is 8.73. The van der Waals surface area contributed by atoms with E-state index in [1.807, 2.05) is 6.07 Å². The summed E-state index contributed by atoms with van der Waals surface area (Å²) in [5, 5.41) is 7.38. The molecule has 142 valence electrons. The van der Waals surface area contributed by atoms with Crippen LogP contribution in [0.4, 0.5) is 10.1 Å². The highest BCUT2D eigenvalue weighted by atomic mass is 32.2. The van der Waals surface area contributed by atoms with Crippen molar-refractivity contribution in [2.24, 2.45) is 9.98 Å². The van der Waals surface area contributed by atoms with Gasteiger partial charge >= 0.3 is 0 Å². The summed E-state index contributed by atoms with van der Waals surface area (Å²) >= 11 is 3.36. The van der Waals surface area contributed by atoms with E-state index in [4.69, 9.17) is 4.99 Å². The molecular weight excluding hydrogens is 391 g/mol. The van der Waals surface area contributed by atoms with Crippen molar-refractivity contribution in [3.8, 4) is 0 Å². The zero-order valence-corrected chi connectivity index (χ0v) is 16.8. The number of aliphatic imine (C=N–C) groups is 2. The first-order valence-corrected chi connectivity index (χ1v) is 11.1. The van der Waals surface area contributed by atoms with E-state index in [0.29, 0.717) is 12.6 Å². The molecule has 1 unspecified atom stereocenters. The zero-order chi connectivity index (χ0) is 18.9. The second-order valence-electron chi connectivity index (χ2n) is 6.93. The molecule has 2 aromatic carbocycles. The maximum Gasteiger partial charge on any atom is 0.168 e. The van der Waals surface area contributed by atoms with Crippen LogP contribution in [0.2, 0.25) is 0 Å². The lowest BCUT2D eigenvalue weighted by Gasteiger charge is -2.21. The molecule has 0 aromatic heterocycles. The van der Waals surface area contributed by atoms with Gasteiger partial charge in [-0.2, -0.15) is 0 Å². The minimum atomic E-state index is -0.227. The first kappa shape index (κ1) is 17.8. The Morgan fingerprint density at radius 1 is 1.21 bits per heavy atom. The number of nitrogens with zero attached hydrogens (tertiary/aromatic N) is 3. The largest absolute Gasteiger partial charge is 0.335 e. The SMILES string of the molecule is Fc1ccc2c(c1)NC(SCC1=CSC3=NC(Cc4ccccc4)CN13)=NC2.